The van der Waals surface area contributed by atoms with Crippen LogP contribution in [0.3, 0.4) is 0 Å². The molecule has 4 rings (SSSR count). The predicted molar refractivity (Wildman–Crippen MR) is 124 cm³/mol. The number of nitrogens with zero attached hydrogens (tertiary/aromatic N) is 1. The lowest BCUT2D eigenvalue weighted by molar-refractivity contribution is -0.139. The van der Waals surface area contributed by atoms with Crippen molar-refractivity contribution < 1.29 is 28.9 Å². The molecule has 33 heavy (non-hydrogen) atoms. The number of hydrogen-bond donors (Lipinski definition) is 1. The van der Waals surface area contributed by atoms with Crippen LogP contribution in [0.5, 0.6) is 17.2 Å². The maximum atomic E-state index is 13.1. The van der Waals surface area contributed by atoms with Crippen molar-refractivity contribution in [3.63, 3.8) is 0 Å². The van der Waals surface area contributed by atoms with E-state index < -0.39 is 17.7 Å². The highest BCUT2D eigenvalue weighted by Gasteiger charge is 2.46. The average Bonchev–Trinajstić information content (AvgIpc) is 3.10. The van der Waals surface area contributed by atoms with Crippen molar-refractivity contribution in [1.29, 1.82) is 0 Å². The minimum absolute atomic E-state index is 0.0698. The Kier molecular flexibility index (Phi) is 6.87. The topological polar surface area (TPSA) is 85.3 Å². The molecule has 1 unspecified atom stereocenters. The second-order valence-electron chi connectivity index (χ2n) is 8.13. The summed E-state index contributed by atoms with van der Waals surface area (Å²) in [5.41, 5.74) is 1.19. The third-order valence-electron chi connectivity index (χ3n) is 5.75. The van der Waals surface area contributed by atoms with E-state index in [4.69, 9.17) is 14.2 Å². The fourth-order valence-corrected chi connectivity index (χ4v) is 4.12. The van der Waals surface area contributed by atoms with Gasteiger partial charge in [0.1, 0.15) is 24.7 Å². The molecule has 1 fully saturated rings. The van der Waals surface area contributed by atoms with Crippen LogP contribution in [0.2, 0.25) is 0 Å². The maximum Gasteiger partial charge on any atom is 0.295 e. The zero-order valence-electron chi connectivity index (χ0n) is 19.0. The average molecular weight is 452 g/mol. The van der Waals surface area contributed by atoms with Gasteiger partial charge in [-0.25, -0.2) is 0 Å². The maximum absolute atomic E-state index is 13.1. The van der Waals surface area contributed by atoms with Gasteiger partial charge in [-0.1, -0.05) is 38.5 Å². The minimum Gasteiger partial charge on any atom is -0.507 e. The smallest absolute Gasteiger partial charge is 0.295 e. The largest absolute Gasteiger partial charge is 0.507 e. The number of ketones is 1. The van der Waals surface area contributed by atoms with Gasteiger partial charge in [-0.2, -0.15) is 0 Å². The first kappa shape index (κ1) is 22.7. The lowest BCUT2D eigenvalue weighted by Gasteiger charge is -2.27. The molecule has 7 nitrogen and oxygen atoms in total. The number of aliphatic hydroxyl groups is 1. The van der Waals surface area contributed by atoms with Crippen LogP contribution in [-0.4, -0.2) is 48.1 Å². The Morgan fingerprint density at radius 1 is 1.06 bits per heavy atom. The van der Waals surface area contributed by atoms with Crippen LogP contribution in [0.1, 0.15) is 50.3 Å². The standard InChI is InChI=1S/C26H29NO6/c1-3-5-11-27-23(17-9-10-20-21(16-17)33-14-13-32-20)22(25(29)26(27)30)24(28)18-7-6-8-19(15-18)31-12-4-2/h6-10,15-16,23,28H,3-5,11-14H2,1-2H3/b24-22-. The van der Waals surface area contributed by atoms with Gasteiger partial charge in [0, 0.05) is 12.1 Å². The van der Waals surface area contributed by atoms with E-state index in [-0.39, 0.29) is 11.3 Å². The van der Waals surface area contributed by atoms with Crippen LogP contribution in [0.25, 0.3) is 5.76 Å². The quantitative estimate of drug-likeness (QED) is 0.362. The number of unbranched alkanes of at least 4 members (excludes halogenated alkanes) is 1. The Labute approximate surface area is 193 Å². The molecule has 0 spiro atoms. The molecule has 0 aromatic heterocycles. The second kappa shape index (κ2) is 9.98. The summed E-state index contributed by atoms with van der Waals surface area (Å²) in [7, 11) is 0. The molecule has 1 atom stereocenters. The molecule has 1 N–H and O–H groups in total. The molecule has 0 bridgehead atoms. The van der Waals surface area contributed by atoms with Crippen LogP contribution < -0.4 is 14.2 Å². The van der Waals surface area contributed by atoms with Gasteiger partial charge in [-0.3, -0.25) is 9.59 Å². The van der Waals surface area contributed by atoms with E-state index in [2.05, 4.69) is 0 Å². The zero-order chi connectivity index (χ0) is 23.4. The summed E-state index contributed by atoms with van der Waals surface area (Å²) in [6.45, 7) is 5.89. The SMILES string of the molecule is CCCCN1C(=O)C(=O)/C(=C(\O)c2cccc(OCCC)c2)C1c1ccc2c(c1)OCCO2. The van der Waals surface area contributed by atoms with Crippen LogP contribution in [0.15, 0.2) is 48.0 Å². The lowest BCUT2D eigenvalue weighted by atomic mass is 9.94. The summed E-state index contributed by atoms with van der Waals surface area (Å²) in [4.78, 5) is 27.7. The molecule has 2 heterocycles. The van der Waals surface area contributed by atoms with E-state index in [1.807, 2.05) is 19.9 Å². The normalized spacial score (nSPS) is 19.1. The van der Waals surface area contributed by atoms with Crippen LogP contribution in [0.4, 0.5) is 0 Å². The number of likely N-dealkylation sites (tertiary alicyclic amines) is 1. The fourth-order valence-electron chi connectivity index (χ4n) is 4.12. The van der Waals surface area contributed by atoms with Gasteiger partial charge in [0.05, 0.1) is 18.2 Å². The Hall–Kier alpha value is -3.48. The van der Waals surface area contributed by atoms with E-state index in [0.717, 1.165) is 19.3 Å². The highest BCUT2D eigenvalue weighted by atomic mass is 16.6. The zero-order valence-corrected chi connectivity index (χ0v) is 19.0. The number of ether oxygens (including phenoxy) is 3. The molecule has 174 valence electrons. The van der Waals surface area contributed by atoms with Gasteiger partial charge in [0.15, 0.2) is 11.5 Å². The monoisotopic (exact) mass is 451 g/mol. The van der Waals surface area contributed by atoms with Crippen molar-refractivity contribution in [2.24, 2.45) is 0 Å². The Balaban J connectivity index is 1.80. The molecule has 1 saturated heterocycles. The number of benzene rings is 2. The van der Waals surface area contributed by atoms with Gasteiger partial charge in [-0.15, -0.1) is 0 Å². The predicted octanol–water partition coefficient (Wildman–Crippen LogP) is 4.47. The molecule has 1 amide bonds. The highest BCUT2D eigenvalue weighted by Crippen LogP contribution is 2.42. The molecule has 2 aliphatic rings. The first-order valence-electron chi connectivity index (χ1n) is 11.5. The Morgan fingerprint density at radius 2 is 1.85 bits per heavy atom. The van der Waals surface area contributed by atoms with Crippen molar-refractivity contribution in [3.05, 3.63) is 59.2 Å². The van der Waals surface area contributed by atoms with Crippen molar-refractivity contribution in [2.45, 2.75) is 39.2 Å². The molecule has 0 saturated carbocycles. The van der Waals surface area contributed by atoms with Crippen molar-refractivity contribution in [2.75, 3.05) is 26.4 Å². The summed E-state index contributed by atoms with van der Waals surface area (Å²) in [5, 5.41) is 11.2. The number of aliphatic hydroxyl groups excluding tert-OH is 1. The lowest BCUT2D eigenvalue weighted by Crippen LogP contribution is -2.30. The number of carbonyl (C=O) groups is 2. The van der Waals surface area contributed by atoms with E-state index in [1.54, 1.807) is 41.3 Å². The second-order valence-corrected chi connectivity index (χ2v) is 8.13. The number of rotatable bonds is 8. The molecule has 7 heteroatoms. The van der Waals surface area contributed by atoms with E-state index in [1.165, 1.54) is 0 Å². The summed E-state index contributed by atoms with van der Waals surface area (Å²) in [6.07, 6.45) is 2.46. The van der Waals surface area contributed by atoms with Gasteiger partial charge >= 0.3 is 0 Å². The highest BCUT2D eigenvalue weighted by molar-refractivity contribution is 6.46. The van der Waals surface area contributed by atoms with Crippen molar-refractivity contribution >= 4 is 17.4 Å². The van der Waals surface area contributed by atoms with Crippen LogP contribution >= 0.6 is 0 Å². The Morgan fingerprint density at radius 3 is 2.61 bits per heavy atom. The molecule has 2 aromatic carbocycles. The van der Waals surface area contributed by atoms with Crippen LogP contribution in [-0.2, 0) is 9.59 Å². The molecule has 2 aromatic rings. The molecular formula is C26H29NO6. The van der Waals surface area contributed by atoms with Crippen molar-refractivity contribution in [1.82, 2.24) is 4.90 Å². The molecule has 0 aliphatic carbocycles. The third-order valence-corrected chi connectivity index (χ3v) is 5.75. The number of carbonyl (C=O) groups excluding carboxylic acids is 2. The van der Waals surface area contributed by atoms with Gasteiger partial charge in [-0.05, 0) is 42.7 Å². The molecule has 0 radical (unpaired) electrons. The van der Waals surface area contributed by atoms with E-state index in [0.29, 0.717) is 54.7 Å². The van der Waals surface area contributed by atoms with Crippen molar-refractivity contribution in [3.8, 4) is 17.2 Å². The number of Topliss-reactive ketones (excluding diaryl/α,β-unsaturated/α-hetero) is 1. The van der Waals surface area contributed by atoms with Gasteiger partial charge in [0.2, 0.25) is 0 Å². The Bertz CT molecular complexity index is 1080. The van der Waals surface area contributed by atoms with Gasteiger partial charge < -0.3 is 24.2 Å². The first-order chi connectivity index (χ1) is 16.0. The summed E-state index contributed by atoms with van der Waals surface area (Å²) in [5.74, 6) is 0.268. The van der Waals surface area contributed by atoms with Crippen LogP contribution in [0, 0.1) is 0 Å². The van der Waals surface area contributed by atoms with E-state index >= 15 is 0 Å². The third kappa shape index (κ3) is 4.53. The first-order valence-corrected chi connectivity index (χ1v) is 11.5. The molecule has 2 aliphatic heterocycles. The number of amides is 1. The molecular weight excluding hydrogens is 422 g/mol. The van der Waals surface area contributed by atoms with E-state index in [9.17, 15) is 14.7 Å². The number of hydrogen-bond acceptors (Lipinski definition) is 6. The number of fused-ring (bicyclic) bond motifs is 1. The summed E-state index contributed by atoms with van der Waals surface area (Å²) < 4.78 is 17.0. The van der Waals surface area contributed by atoms with Gasteiger partial charge in [0.25, 0.3) is 11.7 Å². The fraction of sp³-hybridized carbons (Fsp3) is 0.385. The summed E-state index contributed by atoms with van der Waals surface area (Å²) in [6, 6.07) is 11.6. The minimum atomic E-state index is -0.715. The summed E-state index contributed by atoms with van der Waals surface area (Å²) >= 11 is 0.